The van der Waals surface area contributed by atoms with Crippen molar-refractivity contribution in [3.8, 4) is 0 Å². The molecule has 2 nitrogen and oxygen atoms in total. The summed E-state index contributed by atoms with van der Waals surface area (Å²) in [5.74, 6) is 0. The second kappa shape index (κ2) is 4.57. The maximum absolute atomic E-state index is 5.43. The smallest absolute Gasteiger partial charge is 0.0383 e. The molecule has 0 fully saturated rings. The van der Waals surface area contributed by atoms with Gasteiger partial charge in [0.25, 0.3) is 0 Å². The van der Waals surface area contributed by atoms with Crippen molar-refractivity contribution in [2.24, 2.45) is 5.73 Å². The third-order valence-corrected chi connectivity index (χ3v) is 1.68. The lowest BCUT2D eigenvalue weighted by atomic mass is 10.1. The Balaban J connectivity index is 2.88. The average molecular weight is 162 g/mol. The fraction of sp³-hybridized carbons (Fsp3) is 0.200. The molecule has 64 valence electrons. The highest BCUT2D eigenvalue weighted by Gasteiger charge is 1.94. The molecule has 0 aliphatic rings. The summed E-state index contributed by atoms with van der Waals surface area (Å²) in [7, 11) is 1.90. The molecule has 0 aromatic heterocycles. The van der Waals surface area contributed by atoms with E-state index >= 15 is 0 Å². The van der Waals surface area contributed by atoms with E-state index in [1.807, 2.05) is 31.3 Å². The lowest BCUT2D eigenvalue weighted by Gasteiger charge is -2.05. The molecule has 0 heterocycles. The minimum atomic E-state index is 0.561. The fourth-order valence-electron chi connectivity index (χ4n) is 1.10. The molecule has 1 aromatic rings. The zero-order chi connectivity index (χ0) is 8.81. The van der Waals surface area contributed by atoms with E-state index in [1.165, 1.54) is 5.56 Å². The third kappa shape index (κ3) is 2.10. The Labute approximate surface area is 73.1 Å². The standard InChI is InChI=1S/C10H14N2/c1-12-10(7-8-11)9-5-3-2-4-6-9/h2-7,12H,8,11H2,1H3/b10-7-. The van der Waals surface area contributed by atoms with Crippen LogP contribution in [0.2, 0.25) is 0 Å². The van der Waals surface area contributed by atoms with Crippen LogP contribution in [0.4, 0.5) is 0 Å². The van der Waals surface area contributed by atoms with Gasteiger partial charge in [0.2, 0.25) is 0 Å². The SMILES string of the molecule is CN/C(=C\CN)c1ccccc1. The lowest BCUT2D eigenvalue weighted by molar-refractivity contribution is 1.11. The van der Waals surface area contributed by atoms with Crippen molar-refractivity contribution >= 4 is 5.70 Å². The van der Waals surface area contributed by atoms with Gasteiger partial charge in [-0.1, -0.05) is 30.3 Å². The zero-order valence-corrected chi connectivity index (χ0v) is 7.25. The van der Waals surface area contributed by atoms with Gasteiger partial charge in [0.05, 0.1) is 0 Å². The summed E-state index contributed by atoms with van der Waals surface area (Å²) in [6.07, 6.45) is 1.97. The lowest BCUT2D eigenvalue weighted by Crippen LogP contribution is -2.07. The molecule has 0 saturated heterocycles. The predicted octanol–water partition coefficient (Wildman–Crippen LogP) is 1.21. The summed E-state index contributed by atoms with van der Waals surface area (Å²) in [6, 6.07) is 10.1. The Hall–Kier alpha value is -1.28. The topological polar surface area (TPSA) is 38.0 Å². The van der Waals surface area contributed by atoms with Crippen molar-refractivity contribution < 1.29 is 0 Å². The van der Waals surface area contributed by atoms with Gasteiger partial charge in [-0.3, -0.25) is 0 Å². The van der Waals surface area contributed by atoms with Gasteiger partial charge in [-0.05, 0) is 11.6 Å². The number of nitrogens with one attached hydrogen (secondary N) is 1. The largest absolute Gasteiger partial charge is 0.388 e. The van der Waals surface area contributed by atoms with Crippen LogP contribution < -0.4 is 11.1 Å². The van der Waals surface area contributed by atoms with E-state index in [0.29, 0.717) is 6.54 Å². The van der Waals surface area contributed by atoms with E-state index in [0.717, 1.165) is 5.70 Å². The van der Waals surface area contributed by atoms with Gasteiger partial charge in [-0.15, -0.1) is 0 Å². The van der Waals surface area contributed by atoms with Crippen molar-refractivity contribution in [2.45, 2.75) is 0 Å². The quantitative estimate of drug-likeness (QED) is 0.701. The van der Waals surface area contributed by atoms with Crippen molar-refractivity contribution in [1.82, 2.24) is 5.32 Å². The molecule has 0 unspecified atom stereocenters. The highest BCUT2D eigenvalue weighted by Crippen LogP contribution is 2.08. The maximum Gasteiger partial charge on any atom is 0.0383 e. The minimum Gasteiger partial charge on any atom is -0.388 e. The van der Waals surface area contributed by atoms with Crippen molar-refractivity contribution in [3.63, 3.8) is 0 Å². The van der Waals surface area contributed by atoms with Crippen LogP contribution in [-0.2, 0) is 0 Å². The summed E-state index contributed by atoms with van der Waals surface area (Å²) < 4.78 is 0. The molecule has 1 aromatic carbocycles. The van der Waals surface area contributed by atoms with Crippen LogP contribution in [0.1, 0.15) is 5.56 Å². The third-order valence-electron chi connectivity index (χ3n) is 1.68. The summed E-state index contributed by atoms with van der Waals surface area (Å²) in [5, 5.41) is 3.10. The summed E-state index contributed by atoms with van der Waals surface area (Å²) in [4.78, 5) is 0. The second-order valence-electron chi connectivity index (χ2n) is 2.47. The number of benzene rings is 1. The molecule has 12 heavy (non-hydrogen) atoms. The Morgan fingerprint density at radius 1 is 1.42 bits per heavy atom. The molecule has 0 amide bonds. The zero-order valence-electron chi connectivity index (χ0n) is 7.25. The molecule has 0 radical (unpaired) electrons. The van der Waals surface area contributed by atoms with Crippen LogP contribution in [0.15, 0.2) is 36.4 Å². The normalized spacial score (nSPS) is 11.3. The summed E-state index contributed by atoms with van der Waals surface area (Å²) in [6.45, 7) is 0.561. The molecule has 0 aliphatic heterocycles. The van der Waals surface area contributed by atoms with Crippen LogP contribution in [0.3, 0.4) is 0 Å². The highest BCUT2D eigenvalue weighted by molar-refractivity contribution is 5.63. The predicted molar refractivity (Wildman–Crippen MR) is 52.5 cm³/mol. The second-order valence-corrected chi connectivity index (χ2v) is 2.47. The average Bonchev–Trinajstić information content (AvgIpc) is 2.15. The van der Waals surface area contributed by atoms with Crippen molar-refractivity contribution in [3.05, 3.63) is 42.0 Å². The first-order valence-electron chi connectivity index (χ1n) is 4.02. The molecule has 0 bridgehead atoms. The van der Waals surface area contributed by atoms with E-state index < -0.39 is 0 Å². The number of rotatable bonds is 3. The van der Waals surface area contributed by atoms with E-state index in [1.54, 1.807) is 0 Å². The minimum absolute atomic E-state index is 0.561. The number of hydrogen-bond donors (Lipinski definition) is 2. The maximum atomic E-state index is 5.43. The molecule has 2 heteroatoms. The first-order chi connectivity index (χ1) is 5.88. The van der Waals surface area contributed by atoms with Crippen molar-refractivity contribution in [1.29, 1.82) is 0 Å². The Bertz CT molecular complexity index is 252. The van der Waals surface area contributed by atoms with E-state index in [2.05, 4.69) is 17.4 Å². The summed E-state index contributed by atoms with van der Waals surface area (Å²) in [5.41, 5.74) is 7.68. The van der Waals surface area contributed by atoms with E-state index in [4.69, 9.17) is 5.73 Å². The van der Waals surface area contributed by atoms with Gasteiger partial charge in [-0.25, -0.2) is 0 Å². The first-order valence-corrected chi connectivity index (χ1v) is 4.02. The molecule has 0 aliphatic carbocycles. The molecule has 0 saturated carbocycles. The van der Waals surface area contributed by atoms with Crippen LogP contribution in [0.5, 0.6) is 0 Å². The molecular weight excluding hydrogens is 148 g/mol. The van der Waals surface area contributed by atoms with Gasteiger partial charge in [0, 0.05) is 19.3 Å². The number of hydrogen-bond acceptors (Lipinski definition) is 2. The first kappa shape index (κ1) is 8.81. The van der Waals surface area contributed by atoms with Crippen LogP contribution in [0.25, 0.3) is 5.70 Å². The summed E-state index contributed by atoms with van der Waals surface area (Å²) >= 11 is 0. The van der Waals surface area contributed by atoms with Crippen LogP contribution in [0, 0.1) is 0 Å². The molecule has 0 spiro atoms. The van der Waals surface area contributed by atoms with Crippen molar-refractivity contribution in [2.75, 3.05) is 13.6 Å². The van der Waals surface area contributed by atoms with Gasteiger partial charge >= 0.3 is 0 Å². The Kier molecular flexibility index (Phi) is 3.35. The highest BCUT2D eigenvalue weighted by atomic mass is 14.8. The van der Waals surface area contributed by atoms with Gasteiger partial charge < -0.3 is 11.1 Å². The fourth-order valence-corrected chi connectivity index (χ4v) is 1.10. The van der Waals surface area contributed by atoms with Crippen LogP contribution in [-0.4, -0.2) is 13.6 Å². The number of nitrogens with two attached hydrogens (primary N) is 1. The van der Waals surface area contributed by atoms with Gasteiger partial charge in [0.15, 0.2) is 0 Å². The Morgan fingerprint density at radius 3 is 2.58 bits per heavy atom. The van der Waals surface area contributed by atoms with E-state index in [9.17, 15) is 0 Å². The molecule has 1 rings (SSSR count). The van der Waals surface area contributed by atoms with E-state index in [-0.39, 0.29) is 0 Å². The molecular formula is C10H14N2. The van der Waals surface area contributed by atoms with Crippen LogP contribution >= 0.6 is 0 Å². The monoisotopic (exact) mass is 162 g/mol. The Morgan fingerprint density at radius 2 is 2.08 bits per heavy atom. The van der Waals surface area contributed by atoms with Gasteiger partial charge in [0.1, 0.15) is 0 Å². The van der Waals surface area contributed by atoms with Gasteiger partial charge in [-0.2, -0.15) is 0 Å². The molecule has 3 N–H and O–H groups in total. The molecule has 0 atom stereocenters.